The summed E-state index contributed by atoms with van der Waals surface area (Å²) >= 11 is 1.79. The van der Waals surface area contributed by atoms with E-state index in [1.165, 1.54) is 60.9 Å². The van der Waals surface area contributed by atoms with Crippen LogP contribution in [0.15, 0.2) is 89.8 Å². The number of hydrogen-bond acceptors (Lipinski definition) is 2. The quantitative estimate of drug-likeness (QED) is 0.230. The van der Waals surface area contributed by atoms with Crippen molar-refractivity contribution in [2.45, 2.75) is 57.3 Å². The first-order valence-electron chi connectivity index (χ1n) is 14.1. The first-order valence-corrected chi connectivity index (χ1v) is 15.3. The predicted octanol–water partition coefficient (Wildman–Crippen LogP) is 10.6. The zero-order valence-corrected chi connectivity index (χ0v) is 24.4. The van der Waals surface area contributed by atoms with Gasteiger partial charge in [0, 0.05) is 15.7 Å². The Hall–Kier alpha value is -3.23. The van der Waals surface area contributed by atoms with E-state index in [-0.39, 0.29) is 16.2 Å². The van der Waals surface area contributed by atoms with Crippen LogP contribution in [0.1, 0.15) is 58.1 Å². The van der Waals surface area contributed by atoms with Crippen molar-refractivity contribution in [3.63, 3.8) is 0 Å². The molecule has 1 spiro atoms. The first kappa shape index (κ1) is 24.8. The lowest BCUT2D eigenvalue weighted by molar-refractivity contribution is 0.0645. The Morgan fingerprint density at radius 1 is 0.615 bits per heavy atom. The molecule has 0 atom stereocenters. The van der Waals surface area contributed by atoms with Gasteiger partial charge in [-0.1, -0.05) is 94.4 Å². The Morgan fingerprint density at radius 3 is 2.05 bits per heavy atom. The van der Waals surface area contributed by atoms with Gasteiger partial charge in [0.05, 0.1) is 0 Å². The maximum absolute atomic E-state index is 11.7. The molecule has 0 saturated heterocycles. The lowest BCUT2D eigenvalue weighted by atomic mass is 9.52. The molecule has 196 valence electrons. The van der Waals surface area contributed by atoms with E-state index in [2.05, 4.69) is 119 Å². The van der Waals surface area contributed by atoms with Gasteiger partial charge in [-0.3, -0.25) is 0 Å². The summed E-state index contributed by atoms with van der Waals surface area (Å²) in [5.74, 6) is 0.395. The van der Waals surface area contributed by atoms with Crippen LogP contribution in [0.3, 0.4) is 0 Å². The fourth-order valence-electron chi connectivity index (χ4n) is 8.70. The third kappa shape index (κ3) is 3.68. The molecule has 0 radical (unpaired) electrons. The molecule has 1 N–H and O–H groups in total. The zero-order chi connectivity index (χ0) is 27.2. The molecule has 0 bridgehead atoms. The standard InChI is InChI=1S/C37H36OS/c1-35(2)20-36(3,4)22-37(21-35)30-16-9-8-14-26(30)34-29-18-33(39-5)28(17-27(29)32(38)19-31(34)37)25-15-10-12-23-11-6-7-13-24(23)25/h6-19,38H,20-22H2,1-5H3. The van der Waals surface area contributed by atoms with Crippen LogP contribution in [-0.4, -0.2) is 11.4 Å². The summed E-state index contributed by atoms with van der Waals surface area (Å²) in [4.78, 5) is 1.24. The fraction of sp³-hybridized carbons (Fsp3) is 0.297. The molecule has 5 aromatic rings. The van der Waals surface area contributed by atoms with Crippen LogP contribution < -0.4 is 0 Å². The number of thioether (sulfide) groups is 1. The van der Waals surface area contributed by atoms with Crippen LogP contribution in [0.25, 0.3) is 43.8 Å². The van der Waals surface area contributed by atoms with Gasteiger partial charge in [-0.15, -0.1) is 11.8 Å². The summed E-state index contributed by atoms with van der Waals surface area (Å²) in [6, 6.07) is 30.9. The van der Waals surface area contributed by atoms with E-state index in [1.54, 1.807) is 11.8 Å². The van der Waals surface area contributed by atoms with Crippen molar-refractivity contribution in [1.29, 1.82) is 0 Å². The van der Waals surface area contributed by atoms with E-state index in [0.29, 0.717) is 5.75 Å². The molecule has 5 aromatic carbocycles. The van der Waals surface area contributed by atoms with E-state index < -0.39 is 0 Å². The average molecular weight is 529 g/mol. The Bertz CT molecular complexity index is 1770. The van der Waals surface area contributed by atoms with Crippen LogP contribution in [0.5, 0.6) is 5.75 Å². The van der Waals surface area contributed by atoms with Crippen LogP contribution in [0, 0.1) is 10.8 Å². The minimum atomic E-state index is -0.0866. The molecule has 0 aliphatic heterocycles. The van der Waals surface area contributed by atoms with Gasteiger partial charge in [0.1, 0.15) is 5.75 Å². The molecule has 2 heteroatoms. The van der Waals surface area contributed by atoms with E-state index in [9.17, 15) is 5.11 Å². The van der Waals surface area contributed by atoms with Crippen molar-refractivity contribution in [1.82, 2.24) is 0 Å². The fourth-order valence-corrected chi connectivity index (χ4v) is 9.32. The van der Waals surface area contributed by atoms with Gasteiger partial charge in [0.15, 0.2) is 0 Å². The first-order chi connectivity index (χ1) is 18.6. The second-order valence-corrected chi connectivity index (χ2v) is 14.3. The normalized spacial score (nSPS) is 18.4. The van der Waals surface area contributed by atoms with Gasteiger partial charge < -0.3 is 5.11 Å². The zero-order valence-electron chi connectivity index (χ0n) is 23.6. The van der Waals surface area contributed by atoms with Gasteiger partial charge in [0.25, 0.3) is 0 Å². The highest BCUT2D eigenvalue weighted by Crippen LogP contribution is 2.65. The van der Waals surface area contributed by atoms with Crippen molar-refractivity contribution in [3.05, 3.63) is 96.1 Å². The number of benzene rings is 5. The largest absolute Gasteiger partial charge is 0.507 e. The third-order valence-electron chi connectivity index (χ3n) is 9.26. The summed E-state index contributed by atoms with van der Waals surface area (Å²) in [5, 5.41) is 16.3. The second kappa shape index (κ2) is 8.38. The molecule has 0 unspecified atom stereocenters. The van der Waals surface area contributed by atoms with Crippen molar-refractivity contribution in [2.24, 2.45) is 10.8 Å². The van der Waals surface area contributed by atoms with Crippen LogP contribution in [0.4, 0.5) is 0 Å². The number of aromatic hydroxyl groups is 1. The second-order valence-electron chi connectivity index (χ2n) is 13.4. The van der Waals surface area contributed by atoms with E-state index >= 15 is 0 Å². The Morgan fingerprint density at radius 2 is 1.28 bits per heavy atom. The summed E-state index contributed by atoms with van der Waals surface area (Å²) < 4.78 is 0. The molecular weight excluding hydrogens is 492 g/mol. The lowest BCUT2D eigenvalue weighted by Gasteiger charge is -2.51. The number of rotatable bonds is 2. The molecule has 7 rings (SSSR count). The minimum Gasteiger partial charge on any atom is -0.507 e. The number of hydrogen-bond donors (Lipinski definition) is 1. The smallest absolute Gasteiger partial charge is 0.123 e. The highest BCUT2D eigenvalue weighted by molar-refractivity contribution is 7.98. The number of phenols is 1. The monoisotopic (exact) mass is 528 g/mol. The molecule has 1 nitrogen and oxygen atoms in total. The van der Waals surface area contributed by atoms with Gasteiger partial charge >= 0.3 is 0 Å². The molecule has 0 amide bonds. The van der Waals surface area contributed by atoms with Crippen molar-refractivity contribution in [2.75, 3.05) is 6.26 Å². The summed E-state index contributed by atoms with van der Waals surface area (Å²) in [6.07, 6.45) is 5.58. The summed E-state index contributed by atoms with van der Waals surface area (Å²) in [7, 11) is 0. The minimum absolute atomic E-state index is 0.0866. The Labute approximate surface area is 236 Å². The SMILES string of the molecule is CSc1cc2c3c(cc(O)c2cc1-c1cccc2ccccc12)C1(CC(C)(C)CC(C)(C)C1)c1ccccc1-3. The predicted molar refractivity (Wildman–Crippen MR) is 168 cm³/mol. The molecular formula is C37H36OS. The van der Waals surface area contributed by atoms with Crippen molar-refractivity contribution < 1.29 is 5.11 Å². The topological polar surface area (TPSA) is 20.2 Å². The van der Waals surface area contributed by atoms with Crippen LogP contribution in [0.2, 0.25) is 0 Å². The molecule has 0 aromatic heterocycles. The summed E-state index contributed by atoms with van der Waals surface area (Å²) in [5.41, 5.74) is 8.16. The number of fused-ring (bicyclic) bond motifs is 8. The maximum Gasteiger partial charge on any atom is 0.123 e. The Balaban J connectivity index is 1.55. The van der Waals surface area contributed by atoms with E-state index in [0.717, 1.165) is 18.2 Å². The van der Waals surface area contributed by atoms with E-state index in [1.807, 2.05) is 0 Å². The van der Waals surface area contributed by atoms with Gasteiger partial charge in [-0.25, -0.2) is 0 Å². The Kier molecular flexibility index (Phi) is 5.33. The molecule has 1 saturated carbocycles. The molecule has 1 fully saturated rings. The number of phenolic OH excluding ortho intramolecular Hbond substituents is 1. The van der Waals surface area contributed by atoms with Gasteiger partial charge in [-0.2, -0.15) is 0 Å². The van der Waals surface area contributed by atoms with Gasteiger partial charge in [0.2, 0.25) is 0 Å². The van der Waals surface area contributed by atoms with Crippen molar-refractivity contribution >= 4 is 33.3 Å². The highest BCUT2D eigenvalue weighted by atomic mass is 32.2. The highest BCUT2D eigenvalue weighted by Gasteiger charge is 2.53. The third-order valence-corrected chi connectivity index (χ3v) is 10.0. The molecule has 0 heterocycles. The van der Waals surface area contributed by atoms with Crippen LogP contribution in [-0.2, 0) is 5.41 Å². The average Bonchev–Trinajstić information content (AvgIpc) is 3.14. The molecule has 39 heavy (non-hydrogen) atoms. The lowest BCUT2D eigenvalue weighted by Crippen LogP contribution is -2.43. The van der Waals surface area contributed by atoms with Crippen molar-refractivity contribution in [3.8, 4) is 28.0 Å². The molecule has 2 aliphatic rings. The van der Waals surface area contributed by atoms with Gasteiger partial charge in [-0.05, 0) is 104 Å². The summed E-state index contributed by atoms with van der Waals surface area (Å²) in [6.45, 7) is 9.72. The maximum atomic E-state index is 11.7. The van der Waals surface area contributed by atoms with Crippen LogP contribution >= 0.6 is 11.8 Å². The molecule has 2 aliphatic carbocycles. The van der Waals surface area contributed by atoms with E-state index in [4.69, 9.17) is 0 Å².